The number of aliphatic hydroxyl groups is 1. The van der Waals surface area contributed by atoms with Crippen LogP contribution in [0.1, 0.15) is 22.7 Å². The molecule has 0 aliphatic carbocycles. The average Bonchev–Trinajstić information content (AvgIpc) is 3.09. The molecule has 1 aliphatic heterocycles. The van der Waals surface area contributed by atoms with Gasteiger partial charge in [0, 0.05) is 35.8 Å². The van der Waals surface area contributed by atoms with Gasteiger partial charge >= 0.3 is 0 Å². The second kappa shape index (κ2) is 8.12. The Morgan fingerprint density at radius 3 is 2.41 bits per heavy atom. The quantitative estimate of drug-likeness (QED) is 0.222. The van der Waals surface area contributed by atoms with E-state index < -0.39 is 28.4 Å². The van der Waals surface area contributed by atoms with Gasteiger partial charge in [0.15, 0.2) is 0 Å². The highest BCUT2D eigenvalue weighted by Crippen LogP contribution is 2.42. The number of non-ortho nitro benzene ring substituents is 1. The topological polar surface area (TPSA) is 137 Å². The lowest BCUT2D eigenvalue weighted by Gasteiger charge is -2.25. The Bertz CT molecular complexity index is 1310. The van der Waals surface area contributed by atoms with Crippen molar-refractivity contribution in [3.8, 4) is 6.07 Å². The SMILES string of the molecule is N#Cc1ccc(N2C(=O)C(=O)/C(=C(\O)c3cccc([N+](=O)[O-])c3)C2c2ccncc2)cc1. The Balaban J connectivity index is 1.93. The molecule has 32 heavy (non-hydrogen) atoms. The number of nitro groups is 1. The monoisotopic (exact) mass is 426 g/mol. The van der Waals surface area contributed by atoms with Crippen LogP contribution in [0.2, 0.25) is 0 Å². The molecule has 2 heterocycles. The van der Waals surface area contributed by atoms with E-state index in [0.717, 1.165) is 6.07 Å². The molecule has 1 aromatic heterocycles. The summed E-state index contributed by atoms with van der Waals surface area (Å²) in [5.41, 5.74) is 0.807. The number of ketones is 1. The molecule has 0 bridgehead atoms. The van der Waals surface area contributed by atoms with E-state index >= 15 is 0 Å². The highest BCUT2D eigenvalue weighted by atomic mass is 16.6. The van der Waals surface area contributed by atoms with Crippen LogP contribution in [0, 0.1) is 21.4 Å². The fraction of sp³-hybridized carbons (Fsp3) is 0.0435. The van der Waals surface area contributed by atoms with Crippen molar-refractivity contribution >= 4 is 28.8 Å². The van der Waals surface area contributed by atoms with Gasteiger partial charge in [-0.05, 0) is 42.0 Å². The van der Waals surface area contributed by atoms with Crippen LogP contribution in [-0.2, 0) is 9.59 Å². The van der Waals surface area contributed by atoms with Crippen LogP contribution < -0.4 is 4.90 Å². The Hall–Kier alpha value is -4.84. The number of hydrogen-bond acceptors (Lipinski definition) is 7. The highest BCUT2D eigenvalue weighted by molar-refractivity contribution is 6.51. The van der Waals surface area contributed by atoms with Crippen molar-refractivity contribution < 1.29 is 19.6 Å². The maximum Gasteiger partial charge on any atom is 0.300 e. The minimum atomic E-state index is -0.995. The molecule has 0 spiro atoms. The maximum absolute atomic E-state index is 13.0. The largest absolute Gasteiger partial charge is 0.507 e. The summed E-state index contributed by atoms with van der Waals surface area (Å²) >= 11 is 0. The van der Waals surface area contributed by atoms with E-state index in [0.29, 0.717) is 16.8 Å². The van der Waals surface area contributed by atoms with E-state index in [1.54, 1.807) is 12.1 Å². The summed E-state index contributed by atoms with van der Waals surface area (Å²) in [5, 5.41) is 31.2. The van der Waals surface area contributed by atoms with Crippen molar-refractivity contribution in [2.24, 2.45) is 0 Å². The fourth-order valence-electron chi connectivity index (χ4n) is 3.58. The third-order valence-electron chi connectivity index (χ3n) is 5.07. The summed E-state index contributed by atoms with van der Waals surface area (Å²) in [5.74, 6) is -2.33. The van der Waals surface area contributed by atoms with Gasteiger partial charge in [-0.2, -0.15) is 5.26 Å². The lowest BCUT2D eigenvalue weighted by Crippen LogP contribution is -2.29. The van der Waals surface area contributed by atoms with Crippen molar-refractivity contribution in [3.05, 3.63) is 105 Å². The van der Waals surface area contributed by atoms with Crippen molar-refractivity contribution in [2.75, 3.05) is 4.90 Å². The Kier molecular flexibility index (Phi) is 5.18. The molecular weight excluding hydrogens is 412 g/mol. The molecular formula is C23H14N4O5. The maximum atomic E-state index is 13.0. The zero-order chi connectivity index (χ0) is 22.8. The second-order valence-corrected chi connectivity index (χ2v) is 6.92. The number of Topliss-reactive ketones (excluding diaryl/α,β-unsaturated/α-hetero) is 1. The molecule has 9 nitrogen and oxygen atoms in total. The van der Waals surface area contributed by atoms with Gasteiger partial charge in [-0.1, -0.05) is 12.1 Å². The van der Waals surface area contributed by atoms with Crippen LogP contribution in [0.4, 0.5) is 11.4 Å². The van der Waals surface area contributed by atoms with Crippen LogP contribution in [-0.4, -0.2) is 26.7 Å². The molecule has 1 atom stereocenters. The minimum absolute atomic E-state index is 0.0380. The van der Waals surface area contributed by atoms with Crippen molar-refractivity contribution in [1.82, 2.24) is 4.98 Å². The van der Waals surface area contributed by atoms with Gasteiger partial charge in [0.1, 0.15) is 5.76 Å². The zero-order valence-electron chi connectivity index (χ0n) is 16.4. The number of pyridine rings is 1. The summed E-state index contributed by atoms with van der Waals surface area (Å²) in [6, 6.07) is 15.5. The number of rotatable bonds is 4. The molecule has 9 heteroatoms. The molecule has 3 aromatic rings. The molecule has 1 saturated heterocycles. The first-order chi connectivity index (χ1) is 15.4. The molecule has 1 fully saturated rings. The first kappa shape index (κ1) is 20.4. The number of anilines is 1. The normalized spacial score (nSPS) is 17.2. The highest BCUT2D eigenvalue weighted by Gasteiger charge is 2.47. The van der Waals surface area contributed by atoms with Gasteiger partial charge < -0.3 is 5.11 Å². The number of carbonyl (C=O) groups excluding carboxylic acids is 2. The van der Waals surface area contributed by atoms with Gasteiger partial charge in [-0.25, -0.2) is 0 Å². The third kappa shape index (κ3) is 3.46. The standard InChI is InChI=1S/C23H14N4O5/c24-13-14-4-6-17(7-5-14)26-20(15-8-10-25-11-9-15)19(22(29)23(26)30)21(28)16-2-1-3-18(12-16)27(31)32/h1-12,20,28H/b21-19-. The summed E-state index contributed by atoms with van der Waals surface area (Å²) < 4.78 is 0. The number of amides is 1. The fourth-order valence-corrected chi connectivity index (χ4v) is 3.58. The number of benzene rings is 2. The second-order valence-electron chi connectivity index (χ2n) is 6.92. The Labute approximate surface area is 181 Å². The van der Waals surface area contributed by atoms with Crippen LogP contribution in [0.25, 0.3) is 5.76 Å². The molecule has 1 amide bonds. The zero-order valence-corrected chi connectivity index (χ0v) is 16.4. The van der Waals surface area contributed by atoms with E-state index in [2.05, 4.69) is 4.98 Å². The number of carbonyl (C=O) groups is 2. The smallest absolute Gasteiger partial charge is 0.300 e. The van der Waals surface area contributed by atoms with Crippen LogP contribution >= 0.6 is 0 Å². The summed E-state index contributed by atoms with van der Waals surface area (Å²) in [6.07, 6.45) is 2.98. The minimum Gasteiger partial charge on any atom is -0.507 e. The first-order valence-electron chi connectivity index (χ1n) is 9.38. The summed E-state index contributed by atoms with van der Waals surface area (Å²) in [4.78, 5) is 41.7. The number of nitro benzene ring substituents is 1. The van der Waals surface area contributed by atoms with Gasteiger partial charge in [0.05, 0.1) is 28.2 Å². The van der Waals surface area contributed by atoms with Crippen LogP contribution in [0.15, 0.2) is 78.6 Å². The Morgan fingerprint density at radius 1 is 1.09 bits per heavy atom. The molecule has 4 rings (SSSR count). The van der Waals surface area contributed by atoms with E-state index in [4.69, 9.17) is 5.26 Å². The van der Waals surface area contributed by atoms with Crippen LogP contribution in [0.3, 0.4) is 0 Å². The summed E-state index contributed by atoms with van der Waals surface area (Å²) in [7, 11) is 0. The molecule has 1 N–H and O–H groups in total. The van der Waals surface area contributed by atoms with Crippen molar-refractivity contribution in [1.29, 1.82) is 5.26 Å². The third-order valence-corrected chi connectivity index (χ3v) is 5.07. The number of hydrogen-bond donors (Lipinski definition) is 1. The predicted octanol–water partition coefficient (Wildman–Crippen LogP) is 3.49. The van der Waals surface area contributed by atoms with Gasteiger partial charge in [-0.3, -0.25) is 29.6 Å². The van der Waals surface area contributed by atoms with E-state index in [9.17, 15) is 24.8 Å². The lowest BCUT2D eigenvalue weighted by molar-refractivity contribution is -0.384. The molecule has 0 radical (unpaired) electrons. The van der Waals surface area contributed by atoms with Gasteiger partial charge in [0.25, 0.3) is 17.4 Å². The van der Waals surface area contributed by atoms with E-state index in [1.807, 2.05) is 6.07 Å². The number of aromatic nitrogens is 1. The van der Waals surface area contributed by atoms with Crippen molar-refractivity contribution in [3.63, 3.8) is 0 Å². The van der Waals surface area contributed by atoms with Gasteiger partial charge in [0.2, 0.25) is 0 Å². The number of nitriles is 1. The molecule has 0 saturated carbocycles. The number of nitrogens with zero attached hydrogens (tertiary/aromatic N) is 4. The molecule has 2 aromatic carbocycles. The van der Waals surface area contributed by atoms with Gasteiger partial charge in [-0.15, -0.1) is 0 Å². The Morgan fingerprint density at radius 2 is 1.78 bits per heavy atom. The summed E-state index contributed by atoms with van der Waals surface area (Å²) in [6.45, 7) is 0. The van der Waals surface area contributed by atoms with E-state index in [1.165, 1.54) is 59.8 Å². The first-order valence-corrected chi connectivity index (χ1v) is 9.38. The van der Waals surface area contributed by atoms with Crippen LogP contribution in [0.5, 0.6) is 0 Å². The van der Waals surface area contributed by atoms with E-state index in [-0.39, 0.29) is 16.8 Å². The molecule has 156 valence electrons. The average molecular weight is 426 g/mol. The molecule has 1 unspecified atom stereocenters. The predicted molar refractivity (Wildman–Crippen MR) is 113 cm³/mol. The van der Waals surface area contributed by atoms with Crippen molar-refractivity contribution in [2.45, 2.75) is 6.04 Å². The molecule has 1 aliphatic rings. The lowest BCUT2D eigenvalue weighted by atomic mass is 9.95. The number of aliphatic hydroxyl groups excluding tert-OH is 1.